The first-order valence-electron chi connectivity index (χ1n) is 8.63. The van der Waals surface area contributed by atoms with Crippen molar-refractivity contribution in [2.75, 3.05) is 19.7 Å². The second-order valence-corrected chi connectivity index (χ2v) is 6.40. The van der Waals surface area contributed by atoms with Crippen LogP contribution in [-0.2, 0) is 20.9 Å². The van der Waals surface area contributed by atoms with Crippen LogP contribution in [0.15, 0.2) is 24.4 Å². The predicted octanol–water partition coefficient (Wildman–Crippen LogP) is 1.75. The molecule has 0 bridgehead atoms. The summed E-state index contributed by atoms with van der Waals surface area (Å²) in [5, 5.41) is 2.95. The SMILES string of the molecule is CC(C)OCCCNC(=O)C1CCC(=O)N(Cc2ccccn2)C1. The average molecular weight is 333 g/mol. The largest absolute Gasteiger partial charge is 0.379 e. The molecule has 2 rings (SSSR count). The number of likely N-dealkylation sites (tertiary alicyclic amines) is 1. The van der Waals surface area contributed by atoms with E-state index in [-0.39, 0.29) is 23.8 Å². The Morgan fingerprint density at radius 1 is 1.46 bits per heavy atom. The lowest BCUT2D eigenvalue weighted by atomic mass is 9.96. The number of hydrogen-bond acceptors (Lipinski definition) is 4. The number of nitrogens with zero attached hydrogens (tertiary/aromatic N) is 2. The summed E-state index contributed by atoms with van der Waals surface area (Å²) < 4.78 is 5.46. The predicted molar refractivity (Wildman–Crippen MR) is 91.1 cm³/mol. The molecule has 1 aliphatic rings. The van der Waals surface area contributed by atoms with Gasteiger partial charge in [-0.3, -0.25) is 14.6 Å². The van der Waals surface area contributed by atoms with Crippen LogP contribution < -0.4 is 5.32 Å². The number of rotatable bonds is 8. The quantitative estimate of drug-likeness (QED) is 0.736. The van der Waals surface area contributed by atoms with Crippen LogP contribution in [0.25, 0.3) is 0 Å². The Kier molecular flexibility index (Phi) is 7.18. The number of nitrogens with one attached hydrogen (secondary N) is 1. The van der Waals surface area contributed by atoms with Gasteiger partial charge < -0.3 is 15.0 Å². The van der Waals surface area contributed by atoms with Crippen LogP contribution in [-0.4, -0.2) is 47.5 Å². The molecule has 2 heterocycles. The average Bonchev–Trinajstić information content (AvgIpc) is 2.57. The molecule has 0 aliphatic carbocycles. The van der Waals surface area contributed by atoms with Gasteiger partial charge in [0.1, 0.15) is 0 Å². The Hall–Kier alpha value is -1.95. The lowest BCUT2D eigenvalue weighted by Gasteiger charge is -2.31. The fraction of sp³-hybridized carbons (Fsp3) is 0.611. The minimum Gasteiger partial charge on any atom is -0.379 e. The molecule has 0 radical (unpaired) electrons. The molecular weight excluding hydrogens is 306 g/mol. The third-order valence-electron chi connectivity index (χ3n) is 4.02. The van der Waals surface area contributed by atoms with Crippen molar-refractivity contribution >= 4 is 11.8 Å². The van der Waals surface area contributed by atoms with Crippen LogP contribution in [0.2, 0.25) is 0 Å². The molecule has 6 nitrogen and oxygen atoms in total. The topological polar surface area (TPSA) is 71.5 Å². The molecule has 1 aliphatic heterocycles. The van der Waals surface area contributed by atoms with E-state index in [0.717, 1.165) is 12.1 Å². The highest BCUT2D eigenvalue weighted by molar-refractivity contribution is 5.83. The smallest absolute Gasteiger partial charge is 0.224 e. The Morgan fingerprint density at radius 3 is 3.00 bits per heavy atom. The van der Waals surface area contributed by atoms with Gasteiger partial charge in [0.15, 0.2) is 0 Å². The zero-order chi connectivity index (χ0) is 17.4. The number of pyridine rings is 1. The summed E-state index contributed by atoms with van der Waals surface area (Å²) in [6, 6.07) is 5.65. The van der Waals surface area contributed by atoms with Gasteiger partial charge in [0, 0.05) is 32.3 Å². The molecule has 1 N–H and O–H groups in total. The Bertz CT molecular complexity index is 534. The normalized spacial score (nSPS) is 18.0. The van der Waals surface area contributed by atoms with E-state index in [4.69, 9.17) is 4.74 Å². The fourth-order valence-corrected chi connectivity index (χ4v) is 2.72. The molecule has 1 unspecified atom stereocenters. The standard InChI is InChI=1S/C18H27N3O3/c1-14(2)24-11-5-10-20-18(23)15-7-8-17(22)21(12-15)13-16-6-3-4-9-19-16/h3-4,6,9,14-15H,5,7-8,10-13H2,1-2H3,(H,20,23). The van der Waals surface area contributed by atoms with Crippen LogP contribution in [0.3, 0.4) is 0 Å². The summed E-state index contributed by atoms with van der Waals surface area (Å²) in [7, 11) is 0. The monoisotopic (exact) mass is 333 g/mol. The number of carbonyl (C=O) groups is 2. The van der Waals surface area contributed by atoms with Crippen molar-refractivity contribution in [3.05, 3.63) is 30.1 Å². The van der Waals surface area contributed by atoms with E-state index >= 15 is 0 Å². The second kappa shape index (κ2) is 9.37. The van der Waals surface area contributed by atoms with Crippen molar-refractivity contribution in [1.29, 1.82) is 0 Å². The maximum Gasteiger partial charge on any atom is 0.224 e. The summed E-state index contributed by atoms with van der Waals surface area (Å²) in [6.07, 6.45) is 3.76. The molecule has 1 saturated heterocycles. The molecule has 6 heteroatoms. The molecule has 0 spiro atoms. The van der Waals surface area contributed by atoms with Crippen LogP contribution in [0.1, 0.15) is 38.8 Å². The molecule has 2 amide bonds. The van der Waals surface area contributed by atoms with Crippen molar-refractivity contribution in [2.45, 2.75) is 45.8 Å². The Labute approximate surface area is 143 Å². The number of hydrogen-bond donors (Lipinski definition) is 1. The van der Waals surface area contributed by atoms with E-state index in [1.54, 1.807) is 11.1 Å². The third-order valence-corrected chi connectivity index (χ3v) is 4.02. The van der Waals surface area contributed by atoms with Crippen LogP contribution in [0, 0.1) is 5.92 Å². The van der Waals surface area contributed by atoms with Gasteiger partial charge in [0.25, 0.3) is 0 Å². The minimum atomic E-state index is -0.141. The fourth-order valence-electron chi connectivity index (χ4n) is 2.72. The Morgan fingerprint density at radius 2 is 2.29 bits per heavy atom. The van der Waals surface area contributed by atoms with Gasteiger partial charge in [-0.2, -0.15) is 0 Å². The van der Waals surface area contributed by atoms with Crippen molar-refractivity contribution in [2.24, 2.45) is 5.92 Å². The molecule has 0 aromatic carbocycles. The maximum absolute atomic E-state index is 12.3. The first kappa shape index (κ1) is 18.4. The second-order valence-electron chi connectivity index (χ2n) is 6.40. The van der Waals surface area contributed by atoms with Gasteiger partial charge >= 0.3 is 0 Å². The van der Waals surface area contributed by atoms with E-state index in [9.17, 15) is 9.59 Å². The summed E-state index contributed by atoms with van der Waals surface area (Å²) in [4.78, 5) is 30.4. The summed E-state index contributed by atoms with van der Waals surface area (Å²) in [5.41, 5.74) is 0.845. The van der Waals surface area contributed by atoms with Gasteiger partial charge in [-0.05, 0) is 38.8 Å². The molecule has 1 aromatic heterocycles. The van der Waals surface area contributed by atoms with Crippen molar-refractivity contribution in [3.8, 4) is 0 Å². The van der Waals surface area contributed by atoms with Gasteiger partial charge in [0.05, 0.1) is 24.3 Å². The zero-order valence-corrected chi connectivity index (χ0v) is 14.5. The molecular formula is C18H27N3O3. The molecule has 1 aromatic rings. The van der Waals surface area contributed by atoms with Crippen molar-refractivity contribution in [3.63, 3.8) is 0 Å². The van der Waals surface area contributed by atoms with Crippen molar-refractivity contribution < 1.29 is 14.3 Å². The Balaban J connectivity index is 1.77. The van der Waals surface area contributed by atoms with E-state index in [0.29, 0.717) is 39.1 Å². The number of carbonyl (C=O) groups excluding carboxylic acids is 2. The highest BCUT2D eigenvalue weighted by Gasteiger charge is 2.30. The lowest BCUT2D eigenvalue weighted by molar-refractivity contribution is -0.139. The third kappa shape index (κ3) is 5.92. The number of piperidine rings is 1. The highest BCUT2D eigenvalue weighted by Crippen LogP contribution is 2.19. The number of aromatic nitrogens is 1. The van der Waals surface area contributed by atoms with Crippen molar-refractivity contribution in [1.82, 2.24) is 15.2 Å². The van der Waals surface area contributed by atoms with Crippen LogP contribution in [0.4, 0.5) is 0 Å². The van der Waals surface area contributed by atoms with Crippen LogP contribution >= 0.6 is 0 Å². The molecule has 1 atom stereocenters. The zero-order valence-electron chi connectivity index (χ0n) is 14.5. The minimum absolute atomic E-state index is 0.0260. The van der Waals surface area contributed by atoms with Gasteiger partial charge in [-0.15, -0.1) is 0 Å². The van der Waals surface area contributed by atoms with E-state index in [1.165, 1.54) is 0 Å². The first-order valence-corrected chi connectivity index (χ1v) is 8.63. The molecule has 0 saturated carbocycles. The van der Waals surface area contributed by atoms with E-state index < -0.39 is 0 Å². The van der Waals surface area contributed by atoms with Gasteiger partial charge in [-0.1, -0.05) is 6.07 Å². The lowest BCUT2D eigenvalue weighted by Crippen LogP contribution is -2.45. The summed E-state index contributed by atoms with van der Waals surface area (Å²) in [5.74, 6) is -0.0227. The summed E-state index contributed by atoms with van der Waals surface area (Å²) in [6.45, 7) is 6.17. The molecule has 132 valence electrons. The molecule has 24 heavy (non-hydrogen) atoms. The summed E-state index contributed by atoms with van der Waals surface area (Å²) >= 11 is 0. The van der Waals surface area contributed by atoms with E-state index in [2.05, 4.69) is 10.3 Å². The molecule has 1 fully saturated rings. The first-order chi connectivity index (χ1) is 11.6. The van der Waals surface area contributed by atoms with Gasteiger partial charge in [0.2, 0.25) is 11.8 Å². The number of ether oxygens (including phenoxy) is 1. The number of amides is 2. The van der Waals surface area contributed by atoms with Crippen LogP contribution in [0.5, 0.6) is 0 Å². The van der Waals surface area contributed by atoms with Gasteiger partial charge in [-0.25, -0.2) is 0 Å². The maximum atomic E-state index is 12.3. The highest BCUT2D eigenvalue weighted by atomic mass is 16.5. The van der Waals surface area contributed by atoms with E-state index in [1.807, 2.05) is 32.0 Å².